The Labute approximate surface area is 121 Å². The van der Waals surface area contributed by atoms with Crippen LogP contribution in [0.5, 0.6) is 0 Å². The third-order valence-corrected chi connectivity index (χ3v) is 3.61. The summed E-state index contributed by atoms with van der Waals surface area (Å²) in [7, 11) is 0. The first-order chi connectivity index (χ1) is 9.52. The molecule has 1 saturated heterocycles. The molecule has 1 fully saturated rings. The van der Waals surface area contributed by atoms with Crippen LogP contribution < -0.4 is 5.73 Å². The fourth-order valence-electron chi connectivity index (χ4n) is 2.72. The molecule has 114 valence electrons. The average Bonchev–Trinajstić information content (AvgIpc) is 2.76. The van der Waals surface area contributed by atoms with E-state index < -0.39 is 6.10 Å². The van der Waals surface area contributed by atoms with Crippen LogP contribution in [0.3, 0.4) is 0 Å². The van der Waals surface area contributed by atoms with Crippen LogP contribution in [0.4, 0.5) is 5.69 Å². The van der Waals surface area contributed by atoms with Gasteiger partial charge in [0.1, 0.15) is 0 Å². The predicted molar refractivity (Wildman–Crippen MR) is 80.4 cm³/mol. The molecule has 0 aliphatic carbocycles. The molecule has 0 bridgehead atoms. The molecule has 2 rings (SSSR count). The van der Waals surface area contributed by atoms with Crippen LogP contribution in [0.2, 0.25) is 0 Å². The Balaban J connectivity index is 1.69. The second-order valence-corrected chi connectivity index (χ2v) is 6.14. The van der Waals surface area contributed by atoms with E-state index in [4.69, 9.17) is 5.73 Å². The molecule has 0 spiro atoms. The van der Waals surface area contributed by atoms with Crippen LogP contribution in [0.1, 0.15) is 13.8 Å². The lowest BCUT2D eigenvalue weighted by molar-refractivity contribution is 0.0595. The Bertz CT molecular complexity index is 398. The Morgan fingerprint density at radius 1 is 1.15 bits per heavy atom. The minimum Gasteiger partial charge on any atom is -0.396 e. The minimum atomic E-state index is -0.397. The molecule has 1 aromatic rings. The fourth-order valence-corrected chi connectivity index (χ4v) is 2.72. The largest absolute Gasteiger partial charge is 0.396 e. The molecule has 3 N–H and O–H groups in total. The van der Waals surface area contributed by atoms with E-state index in [-0.39, 0.29) is 0 Å². The summed E-state index contributed by atoms with van der Waals surface area (Å²) in [5, 5.41) is 14.2. The van der Waals surface area contributed by atoms with Crippen molar-refractivity contribution >= 4 is 5.69 Å². The van der Waals surface area contributed by atoms with Crippen LogP contribution in [0, 0.1) is 5.92 Å². The second kappa shape index (κ2) is 7.06. The average molecular weight is 281 g/mol. The number of anilines is 1. The summed E-state index contributed by atoms with van der Waals surface area (Å²) in [5.74, 6) is 0.720. The molecule has 0 amide bonds. The summed E-state index contributed by atoms with van der Waals surface area (Å²) in [6.07, 6.45) is 2.97. The molecule has 0 radical (unpaired) electrons. The smallest absolute Gasteiger partial charge is 0.0862 e. The number of β-amino-alcohol motifs (C(OH)–C–C–N with tert-alkyl or cyclic N) is 1. The molecule has 1 aliphatic heterocycles. The molecule has 20 heavy (non-hydrogen) atoms. The van der Waals surface area contributed by atoms with E-state index >= 15 is 0 Å². The van der Waals surface area contributed by atoms with Gasteiger partial charge in [0.15, 0.2) is 0 Å². The molecule has 0 saturated carbocycles. The molecule has 1 unspecified atom stereocenters. The van der Waals surface area contributed by atoms with Crippen LogP contribution in [-0.2, 0) is 6.54 Å². The third kappa shape index (κ3) is 4.77. The Morgan fingerprint density at radius 3 is 2.25 bits per heavy atom. The summed E-state index contributed by atoms with van der Waals surface area (Å²) >= 11 is 0. The van der Waals surface area contributed by atoms with E-state index in [2.05, 4.69) is 28.7 Å². The van der Waals surface area contributed by atoms with Crippen LogP contribution in [0.25, 0.3) is 0 Å². The van der Waals surface area contributed by atoms with Crippen LogP contribution >= 0.6 is 0 Å². The fraction of sp³-hybridized carbons (Fsp3) is 0.786. The summed E-state index contributed by atoms with van der Waals surface area (Å²) in [6, 6.07) is 0. The lowest BCUT2D eigenvalue weighted by Gasteiger charge is -2.36. The summed E-state index contributed by atoms with van der Waals surface area (Å²) in [6.45, 7) is 11.1. The molecule has 2 heterocycles. The number of rotatable bonds is 6. The summed E-state index contributed by atoms with van der Waals surface area (Å²) < 4.78 is 1.70. The maximum absolute atomic E-state index is 10.1. The first kappa shape index (κ1) is 15.3. The van der Waals surface area contributed by atoms with Gasteiger partial charge < -0.3 is 15.7 Å². The molecule has 1 aromatic heterocycles. The Hall–Kier alpha value is -1.11. The first-order valence-electron chi connectivity index (χ1n) is 7.43. The number of hydrogen-bond donors (Lipinski definition) is 2. The number of nitrogens with zero attached hydrogens (tertiary/aromatic N) is 4. The highest BCUT2D eigenvalue weighted by Crippen LogP contribution is 2.07. The maximum atomic E-state index is 10.1. The zero-order chi connectivity index (χ0) is 14.5. The van der Waals surface area contributed by atoms with Crippen molar-refractivity contribution in [3.05, 3.63) is 12.4 Å². The SMILES string of the molecule is CC(C)CN1CCN(CC(O)Cn2cc(N)cn2)CC1. The quantitative estimate of drug-likeness (QED) is 0.774. The van der Waals surface area contributed by atoms with Crippen molar-refractivity contribution in [2.75, 3.05) is 45.0 Å². The van der Waals surface area contributed by atoms with E-state index in [9.17, 15) is 5.11 Å². The van der Waals surface area contributed by atoms with Gasteiger partial charge in [-0.15, -0.1) is 0 Å². The molecule has 1 aliphatic rings. The van der Waals surface area contributed by atoms with Crippen molar-refractivity contribution in [2.24, 2.45) is 5.92 Å². The Morgan fingerprint density at radius 2 is 1.75 bits per heavy atom. The van der Waals surface area contributed by atoms with Crippen molar-refractivity contribution < 1.29 is 5.11 Å². The third-order valence-electron chi connectivity index (χ3n) is 3.61. The molecular weight excluding hydrogens is 254 g/mol. The summed E-state index contributed by atoms with van der Waals surface area (Å²) in [5.41, 5.74) is 6.25. The predicted octanol–water partition coefficient (Wildman–Crippen LogP) is 0.0998. The number of aliphatic hydroxyl groups excluding tert-OH is 1. The van der Waals surface area contributed by atoms with E-state index in [0.29, 0.717) is 18.8 Å². The van der Waals surface area contributed by atoms with E-state index in [1.807, 2.05) is 0 Å². The zero-order valence-electron chi connectivity index (χ0n) is 12.6. The van der Waals surface area contributed by atoms with Crippen molar-refractivity contribution in [3.8, 4) is 0 Å². The van der Waals surface area contributed by atoms with Gasteiger partial charge in [-0.2, -0.15) is 5.10 Å². The van der Waals surface area contributed by atoms with Crippen molar-refractivity contribution in [2.45, 2.75) is 26.5 Å². The number of nitrogen functional groups attached to an aromatic ring is 1. The molecule has 6 heteroatoms. The van der Waals surface area contributed by atoms with Crippen molar-refractivity contribution in [1.82, 2.24) is 19.6 Å². The Kier molecular flexibility index (Phi) is 5.39. The highest BCUT2D eigenvalue weighted by Gasteiger charge is 2.19. The van der Waals surface area contributed by atoms with Gasteiger partial charge in [0.25, 0.3) is 0 Å². The monoisotopic (exact) mass is 281 g/mol. The molecular formula is C14H27N5O. The van der Waals surface area contributed by atoms with Gasteiger partial charge in [-0.1, -0.05) is 13.8 Å². The van der Waals surface area contributed by atoms with Gasteiger partial charge in [-0.3, -0.25) is 9.58 Å². The topological polar surface area (TPSA) is 70.5 Å². The van der Waals surface area contributed by atoms with Crippen LogP contribution in [-0.4, -0.2) is 70.1 Å². The van der Waals surface area contributed by atoms with Gasteiger partial charge in [-0.25, -0.2) is 0 Å². The summed E-state index contributed by atoms with van der Waals surface area (Å²) in [4.78, 5) is 4.83. The van der Waals surface area contributed by atoms with Gasteiger partial charge >= 0.3 is 0 Å². The molecule has 1 atom stereocenters. The lowest BCUT2D eigenvalue weighted by atomic mass is 10.2. The number of piperazine rings is 1. The van der Waals surface area contributed by atoms with Crippen molar-refractivity contribution in [3.63, 3.8) is 0 Å². The number of hydrogen-bond acceptors (Lipinski definition) is 5. The highest BCUT2D eigenvalue weighted by atomic mass is 16.3. The van der Waals surface area contributed by atoms with E-state index in [1.54, 1.807) is 17.1 Å². The van der Waals surface area contributed by atoms with Gasteiger partial charge in [0, 0.05) is 45.5 Å². The number of aromatic nitrogens is 2. The number of nitrogens with two attached hydrogens (primary N) is 1. The standard InChI is InChI=1S/C14H27N5O/c1-12(2)8-17-3-5-18(6-4-17)10-14(20)11-19-9-13(15)7-16-19/h7,9,12,14,20H,3-6,8,10-11,15H2,1-2H3. The second-order valence-electron chi connectivity index (χ2n) is 6.14. The molecule has 6 nitrogen and oxygen atoms in total. The molecule has 0 aromatic carbocycles. The highest BCUT2D eigenvalue weighted by molar-refractivity contribution is 5.30. The first-order valence-corrected chi connectivity index (χ1v) is 7.43. The van der Waals surface area contributed by atoms with Crippen molar-refractivity contribution in [1.29, 1.82) is 0 Å². The van der Waals surface area contributed by atoms with Crippen LogP contribution in [0.15, 0.2) is 12.4 Å². The normalized spacial score (nSPS) is 19.6. The maximum Gasteiger partial charge on any atom is 0.0862 e. The van der Waals surface area contributed by atoms with Gasteiger partial charge in [-0.05, 0) is 5.92 Å². The van der Waals surface area contributed by atoms with E-state index in [1.165, 1.54) is 6.54 Å². The van der Waals surface area contributed by atoms with Gasteiger partial charge in [0.05, 0.1) is 24.5 Å². The minimum absolute atomic E-state index is 0.397. The lowest BCUT2D eigenvalue weighted by Crippen LogP contribution is -2.49. The number of aliphatic hydroxyl groups is 1. The zero-order valence-corrected chi connectivity index (χ0v) is 12.6. The van der Waals surface area contributed by atoms with E-state index in [0.717, 1.165) is 32.1 Å². The van der Waals surface area contributed by atoms with Gasteiger partial charge in [0.2, 0.25) is 0 Å².